The predicted molar refractivity (Wildman–Crippen MR) is 52.8 cm³/mol. The van der Waals surface area contributed by atoms with Gasteiger partial charge in [-0.25, -0.2) is 4.39 Å². The Morgan fingerprint density at radius 2 is 2.08 bits per heavy atom. The van der Waals surface area contributed by atoms with Gasteiger partial charge in [-0.2, -0.15) is 0 Å². The summed E-state index contributed by atoms with van der Waals surface area (Å²) in [5.41, 5.74) is 3.39. The Bertz CT molecular complexity index is 386. The highest BCUT2D eigenvalue weighted by atomic mass is 19.1. The third-order valence-electron chi connectivity index (χ3n) is 2.31. The van der Waals surface area contributed by atoms with Crippen LogP contribution in [-0.2, 0) is 0 Å². The molecule has 0 spiro atoms. The highest BCUT2D eigenvalue weighted by molar-refractivity contribution is 5.80. The molecule has 0 amide bonds. The minimum Gasteiger partial charge on any atom is -0.207 e. The van der Waals surface area contributed by atoms with Crippen molar-refractivity contribution in [2.45, 2.75) is 13.3 Å². The lowest BCUT2D eigenvalue weighted by Gasteiger charge is -2.03. The molecule has 0 atom stereocenters. The Hall–Kier alpha value is -1.37. The fraction of sp³-hybridized carbons (Fsp3) is 0.167. The fourth-order valence-electron chi connectivity index (χ4n) is 1.63. The molecular weight excluding hydrogens is 163 g/mol. The number of hydrogen-bond donors (Lipinski definition) is 0. The van der Waals surface area contributed by atoms with Crippen LogP contribution in [0.15, 0.2) is 42.0 Å². The second-order valence-electron chi connectivity index (χ2n) is 3.25. The monoisotopic (exact) mass is 174 g/mol. The third-order valence-corrected chi connectivity index (χ3v) is 2.31. The van der Waals surface area contributed by atoms with E-state index in [0.29, 0.717) is 0 Å². The lowest BCUT2D eigenvalue weighted by molar-refractivity contribution is 0.627. The molecular formula is C12H11F. The molecule has 1 aliphatic rings. The molecule has 0 saturated carbocycles. The van der Waals surface area contributed by atoms with Gasteiger partial charge in [0.2, 0.25) is 0 Å². The van der Waals surface area contributed by atoms with Crippen LogP contribution in [0.3, 0.4) is 0 Å². The van der Waals surface area contributed by atoms with Crippen molar-refractivity contribution in [1.82, 2.24) is 0 Å². The third kappa shape index (κ3) is 1.55. The quantitative estimate of drug-likeness (QED) is 0.610. The summed E-state index contributed by atoms with van der Waals surface area (Å²) in [5.74, 6) is -0.168. The molecule has 0 heterocycles. The van der Waals surface area contributed by atoms with Gasteiger partial charge in [-0.15, -0.1) is 0 Å². The first-order valence-electron chi connectivity index (χ1n) is 4.40. The summed E-state index contributed by atoms with van der Waals surface area (Å²) in [6.45, 7) is 2.06. The van der Waals surface area contributed by atoms with E-state index in [0.717, 1.165) is 12.0 Å². The first kappa shape index (κ1) is 8.24. The zero-order valence-electron chi connectivity index (χ0n) is 7.55. The van der Waals surface area contributed by atoms with E-state index in [2.05, 4.69) is 19.1 Å². The van der Waals surface area contributed by atoms with Crippen LogP contribution >= 0.6 is 0 Å². The van der Waals surface area contributed by atoms with Gasteiger partial charge < -0.3 is 0 Å². The predicted octanol–water partition coefficient (Wildman–Crippen LogP) is 3.56. The lowest BCUT2D eigenvalue weighted by atomic mass is 10.0. The van der Waals surface area contributed by atoms with Crippen LogP contribution < -0.4 is 0 Å². The highest BCUT2D eigenvalue weighted by Gasteiger charge is 2.07. The Morgan fingerprint density at radius 1 is 1.23 bits per heavy atom. The minimum atomic E-state index is -0.168. The normalized spacial score (nSPS) is 15.5. The van der Waals surface area contributed by atoms with E-state index in [1.807, 2.05) is 6.07 Å². The summed E-state index contributed by atoms with van der Waals surface area (Å²) >= 11 is 0. The van der Waals surface area contributed by atoms with Crippen LogP contribution in [0.1, 0.15) is 18.9 Å². The Balaban J connectivity index is 2.42. The molecule has 0 saturated heterocycles. The van der Waals surface area contributed by atoms with E-state index in [9.17, 15) is 4.39 Å². The van der Waals surface area contributed by atoms with Crippen LogP contribution in [0.4, 0.5) is 4.39 Å². The average Bonchev–Trinajstić information content (AvgIpc) is 2.51. The average molecular weight is 174 g/mol. The summed E-state index contributed by atoms with van der Waals surface area (Å²) in [6.07, 6.45) is 5.25. The van der Waals surface area contributed by atoms with E-state index >= 15 is 0 Å². The number of hydrogen-bond acceptors (Lipinski definition) is 0. The van der Waals surface area contributed by atoms with Crippen molar-refractivity contribution < 1.29 is 4.39 Å². The van der Waals surface area contributed by atoms with Crippen molar-refractivity contribution in [3.8, 4) is 0 Å². The Labute approximate surface area is 77.4 Å². The first-order valence-corrected chi connectivity index (χ1v) is 4.40. The van der Waals surface area contributed by atoms with Gasteiger partial charge in [0.15, 0.2) is 0 Å². The zero-order valence-corrected chi connectivity index (χ0v) is 7.55. The molecule has 0 bridgehead atoms. The van der Waals surface area contributed by atoms with Gasteiger partial charge in [0.05, 0.1) is 0 Å². The van der Waals surface area contributed by atoms with Crippen LogP contribution in [0.5, 0.6) is 0 Å². The molecule has 0 nitrogen and oxygen atoms in total. The maximum Gasteiger partial charge on any atom is 0.123 e. The molecule has 1 aromatic carbocycles. The smallest absolute Gasteiger partial charge is 0.123 e. The molecule has 0 unspecified atom stereocenters. The molecule has 13 heavy (non-hydrogen) atoms. The standard InChI is InChI=1S/C12H11F/c1-9-4-2-7-12(9)10-5-3-6-11(13)8-10/h3-8H,2H2,1H3. The van der Waals surface area contributed by atoms with Crippen LogP contribution in [0.25, 0.3) is 5.57 Å². The van der Waals surface area contributed by atoms with Gasteiger partial charge in [0.1, 0.15) is 5.82 Å². The molecule has 0 aliphatic heterocycles. The van der Waals surface area contributed by atoms with Crippen LogP contribution in [0.2, 0.25) is 0 Å². The van der Waals surface area contributed by atoms with E-state index in [4.69, 9.17) is 0 Å². The van der Waals surface area contributed by atoms with Crippen LogP contribution in [0, 0.1) is 5.82 Å². The topological polar surface area (TPSA) is 0 Å². The van der Waals surface area contributed by atoms with Crippen molar-refractivity contribution in [2.75, 3.05) is 0 Å². The summed E-state index contributed by atoms with van der Waals surface area (Å²) in [6, 6.07) is 6.74. The molecule has 2 rings (SSSR count). The molecule has 0 fully saturated rings. The van der Waals surface area contributed by atoms with Crippen molar-refractivity contribution in [3.63, 3.8) is 0 Å². The zero-order chi connectivity index (χ0) is 9.26. The molecule has 1 aliphatic carbocycles. The number of rotatable bonds is 1. The molecule has 0 N–H and O–H groups in total. The summed E-state index contributed by atoms with van der Waals surface area (Å²) in [4.78, 5) is 0. The molecule has 1 aromatic rings. The van der Waals surface area contributed by atoms with E-state index in [1.54, 1.807) is 12.1 Å². The summed E-state index contributed by atoms with van der Waals surface area (Å²) in [5, 5.41) is 0. The molecule has 0 aromatic heterocycles. The second kappa shape index (κ2) is 3.17. The van der Waals surface area contributed by atoms with E-state index in [-0.39, 0.29) is 5.82 Å². The summed E-state index contributed by atoms with van der Waals surface area (Å²) < 4.78 is 12.9. The van der Waals surface area contributed by atoms with Crippen LogP contribution in [-0.4, -0.2) is 0 Å². The number of allylic oxidation sites excluding steroid dienone is 4. The van der Waals surface area contributed by atoms with Gasteiger partial charge in [0.25, 0.3) is 0 Å². The van der Waals surface area contributed by atoms with Gasteiger partial charge in [-0.1, -0.05) is 24.3 Å². The maximum absolute atomic E-state index is 12.9. The SMILES string of the molecule is CC1=CCC=C1c1cccc(F)c1. The minimum absolute atomic E-state index is 0.168. The van der Waals surface area contributed by atoms with Gasteiger partial charge in [0, 0.05) is 0 Å². The molecule has 66 valence electrons. The second-order valence-corrected chi connectivity index (χ2v) is 3.25. The van der Waals surface area contributed by atoms with Crippen molar-refractivity contribution in [2.24, 2.45) is 0 Å². The molecule has 1 heteroatoms. The number of halogens is 1. The highest BCUT2D eigenvalue weighted by Crippen LogP contribution is 2.28. The van der Waals surface area contributed by atoms with Gasteiger partial charge in [-0.3, -0.25) is 0 Å². The van der Waals surface area contributed by atoms with E-state index < -0.39 is 0 Å². The Morgan fingerprint density at radius 3 is 2.69 bits per heavy atom. The van der Waals surface area contributed by atoms with Crippen molar-refractivity contribution >= 4 is 5.57 Å². The van der Waals surface area contributed by atoms with E-state index in [1.165, 1.54) is 17.2 Å². The van der Waals surface area contributed by atoms with Crippen molar-refractivity contribution in [1.29, 1.82) is 0 Å². The Kier molecular flexibility index (Phi) is 2.01. The first-order chi connectivity index (χ1) is 6.27. The van der Waals surface area contributed by atoms with Gasteiger partial charge >= 0.3 is 0 Å². The maximum atomic E-state index is 12.9. The largest absolute Gasteiger partial charge is 0.207 e. The lowest BCUT2D eigenvalue weighted by Crippen LogP contribution is -1.84. The number of benzene rings is 1. The fourth-order valence-corrected chi connectivity index (χ4v) is 1.63. The molecule has 0 radical (unpaired) electrons. The summed E-state index contributed by atoms with van der Waals surface area (Å²) in [7, 11) is 0. The van der Waals surface area contributed by atoms with Gasteiger partial charge in [-0.05, 0) is 42.2 Å². The van der Waals surface area contributed by atoms with Crippen molar-refractivity contribution in [3.05, 3.63) is 53.4 Å².